The Bertz CT molecular complexity index is 99.0. The summed E-state index contributed by atoms with van der Waals surface area (Å²) in [5, 5.41) is 8.27. The van der Waals surface area contributed by atoms with E-state index in [1.54, 1.807) is 0 Å². The molecule has 0 unspecified atom stereocenters. The third-order valence-electron chi connectivity index (χ3n) is 0.929. The molecule has 0 heterocycles. The molecule has 0 bridgehead atoms. The summed E-state index contributed by atoms with van der Waals surface area (Å²) in [6, 6.07) is 0. The molecule has 0 rings (SSSR count). The molecule has 0 aromatic heterocycles. The molecule has 0 amide bonds. The zero-order chi connectivity index (χ0) is 7.98. The molecule has 0 aliphatic rings. The molecule has 0 aliphatic heterocycles. The van der Waals surface area contributed by atoms with Gasteiger partial charge in [0.15, 0.2) is 0 Å². The van der Waals surface area contributed by atoms with E-state index in [9.17, 15) is 4.79 Å². The molecule has 60 valence electrons. The fourth-order valence-electron chi connectivity index (χ4n) is 0.552. The number of carbonyl (C=O) groups is 1. The molecule has 10 heavy (non-hydrogen) atoms. The highest BCUT2D eigenvalue weighted by atomic mass is 16.5. The highest BCUT2D eigenvalue weighted by molar-refractivity contribution is 5.69. The SMILES string of the molecule is CC(C)CC(=O)OCCO. The first-order valence-electron chi connectivity index (χ1n) is 3.43. The van der Waals surface area contributed by atoms with Gasteiger partial charge in [-0.15, -0.1) is 0 Å². The molecule has 0 spiro atoms. The average Bonchev–Trinajstić information content (AvgIpc) is 1.82. The van der Waals surface area contributed by atoms with Crippen LogP contribution in [-0.2, 0) is 9.53 Å². The molecule has 0 saturated heterocycles. The molecule has 0 saturated carbocycles. The molecular weight excluding hydrogens is 132 g/mol. The standard InChI is InChI=1S/C7H14O3/c1-6(2)5-7(9)10-4-3-8/h6,8H,3-5H2,1-2H3. The number of esters is 1. The Labute approximate surface area is 61.0 Å². The summed E-state index contributed by atoms with van der Waals surface area (Å²) in [5.41, 5.74) is 0. The number of rotatable bonds is 4. The first-order chi connectivity index (χ1) is 4.66. The second kappa shape index (κ2) is 5.23. The predicted molar refractivity (Wildman–Crippen MR) is 37.5 cm³/mol. The maximum atomic E-state index is 10.7. The molecule has 0 aromatic rings. The maximum Gasteiger partial charge on any atom is 0.306 e. The minimum atomic E-state index is -0.232. The minimum absolute atomic E-state index is 0.0934. The van der Waals surface area contributed by atoms with Gasteiger partial charge in [0.1, 0.15) is 6.61 Å². The van der Waals surface area contributed by atoms with E-state index in [4.69, 9.17) is 5.11 Å². The summed E-state index contributed by atoms with van der Waals surface area (Å²) in [6.07, 6.45) is 0.431. The van der Waals surface area contributed by atoms with Crippen LogP contribution >= 0.6 is 0 Å². The van der Waals surface area contributed by atoms with Crippen LogP contribution in [0.3, 0.4) is 0 Å². The van der Waals surface area contributed by atoms with Crippen LogP contribution in [0, 0.1) is 5.92 Å². The van der Waals surface area contributed by atoms with Gasteiger partial charge in [0, 0.05) is 6.42 Å². The van der Waals surface area contributed by atoms with Crippen molar-refractivity contribution in [3.05, 3.63) is 0 Å². The van der Waals surface area contributed by atoms with Crippen molar-refractivity contribution in [3.63, 3.8) is 0 Å². The number of aliphatic hydroxyl groups excluding tert-OH is 1. The van der Waals surface area contributed by atoms with Gasteiger partial charge in [0.2, 0.25) is 0 Å². The van der Waals surface area contributed by atoms with Crippen LogP contribution in [0.25, 0.3) is 0 Å². The normalized spacial score (nSPS) is 10.0. The van der Waals surface area contributed by atoms with Crippen molar-refractivity contribution in [3.8, 4) is 0 Å². The number of hydrogen-bond acceptors (Lipinski definition) is 3. The lowest BCUT2D eigenvalue weighted by molar-refractivity contribution is -0.145. The zero-order valence-electron chi connectivity index (χ0n) is 6.46. The molecule has 3 nitrogen and oxygen atoms in total. The van der Waals surface area contributed by atoms with Crippen LogP contribution in [0.15, 0.2) is 0 Å². The van der Waals surface area contributed by atoms with Crippen LogP contribution in [0.4, 0.5) is 0 Å². The molecule has 0 atom stereocenters. The van der Waals surface area contributed by atoms with Gasteiger partial charge >= 0.3 is 5.97 Å². The van der Waals surface area contributed by atoms with Crippen molar-refractivity contribution in [1.29, 1.82) is 0 Å². The number of ether oxygens (including phenoxy) is 1. The van der Waals surface area contributed by atoms with Gasteiger partial charge in [-0.2, -0.15) is 0 Å². The molecule has 0 aliphatic carbocycles. The van der Waals surface area contributed by atoms with Gasteiger partial charge in [-0.1, -0.05) is 13.8 Å². The van der Waals surface area contributed by atoms with Gasteiger partial charge in [-0.25, -0.2) is 0 Å². The fourth-order valence-corrected chi connectivity index (χ4v) is 0.552. The van der Waals surface area contributed by atoms with E-state index in [1.165, 1.54) is 0 Å². The molecule has 0 aromatic carbocycles. The van der Waals surface area contributed by atoms with Gasteiger partial charge < -0.3 is 9.84 Å². The van der Waals surface area contributed by atoms with Crippen LogP contribution in [-0.4, -0.2) is 24.3 Å². The molecule has 0 radical (unpaired) electrons. The van der Waals surface area contributed by atoms with Crippen molar-refractivity contribution in [2.75, 3.05) is 13.2 Å². The average molecular weight is 146 g/mol. The first kappa shape index (κ1) is 9.43. The monoisotopic (exact) mass is 146 g/mol. The number of aliphatic hydroxyl groups is 1. The third kappa shape index (κ3) is 5.56. The Balaban J connectivity index is 3.26. The molecule has 1 N–H and O–H groups in total. The predicted octanol–water partition coefficient (Wildman–Crippen LogP) is 0.568. The second-order valence-corrected chi connectivity index (χ2v) is 2.54. The van der Waals surface area contributed by atoms with Gasteiger partial charge in [0.05, 0.1) is 6.61 Å². The van der Waals surface area contributed by atoms with E-state index in [-0.39, 0.29) is 19.2 Å². The number of carbonyl (C=O) groups excluding carboxylic acids is 1. The summed E-state index contributed by atoms with van der Waals surface area (Å²) >= 11 is 0. The van der Waals surface area contributed by atoms with Crippen LogP contribution in [0.2, 0.25) is 0 Å². The van der Waals surface area contributed by atoms with Crippen molar-refractivity contribution in [1.82, 2.24) is 0 Å². The van der Waals surface area contributed by atoms with E-state index in [2.05, 4.69) is 4.74 Å². The van der Waals surface area contributed by atoms with Crippen molar-refractivity contribution in [2.24, 2.45) is 5.92 Å². The Morgan fingerprint density at radius 1 is 1.60 bits per heavy atom. The Morgan fingerprint density at radius 3 is 2.60 bits per heavy atom. The summed E-state index contributed by atoms with van der Waals surface area (Å²) < 4.78 is 4.61. The fraction of sp³-hybridized carbons (Fsp3) is 0.857. The Hall–Kier alpha value is -0.570. The lowest BCUT2D eigenvalue weighted by atomic mass is 10.1. The third-order valence-corrected chi connectivity index (χ3v) is 0.929. The lowest BCUT2D eigenvalue weighted by Crippen LogP contribution is -2.10. The smallest absolute Gasteiger partial charge is 0.306 e. The van der Waals surface area contributed by atoms with Gasteiger partial charge in [-0.3, -0.25) is 4.79 Å². The highest BCUT2D eigenvalue weighted by Gasteiger charge is 2.04. The van der Waals surface area contributed by atoms with Crippen LogP contribution < -0.4 is 0 Å². The largest absolute Gasteiger partial charge is 0.463 e. The van der Waals surface area contributed by atoms with E-state index in [0.717, 1.165) is 0 Å². The minimum Gasteiger partial charge on any atom is -0.463 e. The van der Waals surface area contributed by atoms with Crippen molar-refractivity contribution < 1.29 is 14.6 Å². The highest BCUT2D eigenvalue weighted by Crippen LogP contribution is 1.99. The van der Waals surface area contributed by atoms with Crippen molar-refractivity contribution in [2.45, 2.75) is 20.3 Å². The van der Waals surface area contributed by atoms with Crippen molar-refractivity contribution >= 4 is 5.97 Å². The van der Waals surface area contributed by atoms with E-state index < -0.39 is 0 Å². The van der Waals surface area contributed by atoms with E-state index in [1.807, 2.05) is 13.8 Å². The maximum absolute atomic E-state index is 10.7. The van der Waals surface area contributed by atoms with Gasteiger partial charge in [-0.05, 0) is 5.92 Å². The van der Waals surface area contributed by atoms with E-state index >= 15 is 0 Å². The van der Waals surface area contributed by atoms with E-state index in [0.29, 0.717) is 12.3 Å². The van der Waals surface area contributed by atoms with Crippen LogP contribution in [0.1, 0.15) is 20.3 Å². The topological polar surface area (TPSA) is 46.5 Å². The summed E-state index contributed by atoms with van der Waals surface area (Å²) in [7, 11) is 0. The summed E-state index contributed by atoms with van der Waals surface area (Å²) in [4.78, 5) is 10.7. The Kier molecular flexibility index (Phi) is 4.94. The molecular formula is C7H14O3. The second-order valence-electron chi connectivity index (χ2n) is 2.54. The summed E-state index contributed by atoms with van der Waals surface area (Å²) in [5.74, 6) is 0.0928. The molecule has 0 fully saturated rings. The zero-order valence-corrected chi connectivity index (χ0v) is 6.46. The number of hydrogen-bond donors (Lipinski definition) is 1. The van der Waals surface area contributed by atoms with Crippen LogP contribution in [0.5, 0.6) is 0 Å². The summed E-state index contributed by atoms with van der Waals surface area (Å²) in [6.45, 7) is 3.91. The first-order valence-corrected chi connectivity index (χ1v) is 3.43. The lowest BCUT2D eigenvalue weighted by Gasteiger charge is -2.03. The van der Waals surface area contributed by atoms with Gasteiger partial charge in [0.25, 0.3) is 0 Å². The quantitative estimate of drug-likeness (QED) is 0.590. The molecule has 3 heteroatoms. The Morgan fingerprint density at radius 2 is 2.20 bits per heavy atom.